The van der Waals surface area contributed by atoms with Crippen molar-refractivity contribution in [2.45, 2.75) is 6.42 Å². The number of rotatable bonds is 3. The van der Waals surface area contributed by atoms with Gasteiger partial charge in [0.05, 0.1) is 18.9 Å². The molecule has 3 rings (SSSR count). The van der Waals surface area contributed by atoms with Crippen LogP contribution in [0.5, 0.6) is 11.5 Å². The van der Waals surface area contributed by atoms with Crippen molar-refractivity contribution in [2.24, 2.45) is 0 Å². The third-order valence-electron chi connectivity index (χ3n) is 3.54. The molecule has 0 unspecified atom stereocenters. The van der Waals surface area contributed by atoms with E-state index in [0.717, 1.165) is 21.1 Å². The van der Waals surface area contributed by atoms with Crippen LogP contribution in [0.2, 0.25) is 0 Å². The molecule has 0 radical (unpaired) electrons. The van der Waals surface area contributed by atoms with Crippen molar-refractivity contribution in [3.63, 3.8) is 0 Å². The lowest BCUT2D eigenvalue weighted by Gasteiger charge is -2.09. The van der Waals surface area contributed by atoms with Crippen molar-refractivity contribution in [2.75, 3.05) is 7.11 Å². The van der Waals surface area contributed by atoms with Gasteiger partial charge in [-0.15, -0.1) is 0 Å². The Hall–Kier alpha value is -2.75. The van der Waals surface area contributed by atoms with Gasteiger partial charge >= 0.3 is 0 Å². The summed E-state index contributed by atoms with van der Waals surface area (Å²) in [6, 6.07) is 14.7. The van der Waals surface area contributed by atoms with E-state index in [-0.39, 0.29) is 5.75 Å². The first-order chi connectivity index (χ1) is 10.2. The summed E-state index contributed by atoms with van der Waals surface area (Å²) in [6.45, 7) is 0. The monoisotopic (exact) mass is 281 g/mol. The lowest BCUT2D eigenvalue weighted by atomic mass is 10.0. The third-order valence-corrected chi connectivity index (χ3v) is 3.54. The molecule has 1 N–H and O–H groups in total. The predicted molar refractivity (Wildman–Crippen MR) is 80.4 cm³/mol. The molecule has 2 aromatic carbocycles. The molecule has 0 saturated carbocycles. The van der Waals surface area contributed by atoms with Crippen molar-refractivity contribution in [3.8, 4) is 11.5 Å². The van der Waals surface area contributed by atoms with E-state index in [1.807, 2.05) is 30.3 Å². The van der Waals surface area contributed by atoms with E-state index in [2.05, 4.69) is 0 Å². The molecule has 0 bridgehead atoms. The van der Waals surface area contributed by atoms with Crippen LogP contribution in [0.4, 0.5) is 0 Å². The Morgan fingerprint density at radius 1 is 1.14 bits per heavy atom. The first-order valence-electron chi connectivity index (χ1n) is 6.64. The van der Waals surface area contributed by atoms with Gasteiger partial charge in [-0.2, -0.15) is 4.73 Å². The molecule has 1 aromatic heterocycles. The van der Waals surface area contributed by atoms with Gasteiger partial charge in [0.1, 0.15) is 0 Å². The van der Waals surface area contributed by atoms with Gasteiger partial charge in [0.2, 0.25) is 5.69 Å². The topological polar surface area (TPSA) is 56.4 Å². The fourth-order valence-corrected chi connectivity index (χ4v) is 2.47. The molecule has 0 saturated heterocycles. The SMILES string of the molecule is COc1ccc(Cc2c3ccccc3cc[n+]2[O-])cc1O. The standard InChI is InChI=1S/C17H15NO3/c1-21-17-7-6-12(11-16(17)19)10-15-14-5-3-2-4-13(14)8-9-18(15)20/h2-9,11,19H,10H2,1H3. The fourth-order valence-electron chi connectivity index (χ4n) is 2.47. The van der Waals surface area contributed by atoms with E-state index < -0.39 is 0 Å². The first kappa shape index (κ1) is 13.2. The number of nitrogens with zero attached hydrogens (tertiary/aromatic N) is 1. The number of benzene rings is 2. The molecule has 0 aliphatic heterocycles. The van der Waals surface area contributed by atoms with Crippen molar-refractivity contribution in [1.29, 1.82) is 0 Å². The average Bonchev–Trinajstić information content (AvgIpc) is 2.50. The van der Waals surface area contributed by atoms with E-state index >= 15 is 0 Å². The molecule has 0 amide bonds. The van der Waals surface area contributed by atoms with Gasteiger partial charge < -0.3 is 15.1 Å². The molecule has 0 aliphatic carbocycles. The smallest absolute Gasteiger partial charge is 0.204 e. The summed E-state index contributed by atoms with van der Waals surface area (Å²) in [6.07, 6.45) is 1.96. The number of aromatic nitrogens is 1. The van der Waals surface area contributed by atoms with Gasteiger partial charge in [0, 0.05) is 6.07 Å². The highest BCUT2D eigenvalue weighted by Crippen LogP contribution is 2.27. The van der Waals surface area contributed by atoms with Crippen molar-refractivity contribution in [3.05, 3.63) is 71.2 Å². The second kappa shape index (κ2) is 5.32. The van der Waals surface area contributed by atoms with Crippen LogP contribution in [-0.2, 0) is 6.42 Å². The fraction of sp³-hybridized carbons (Fsp3) is 0.118. The van der Waals surface area contributed by atoms with Crippen LogP contribution in [0.25, 0.3) is 10.8 Å². The largest absolute Gasteiger partial charge is 0.618 e. The number of pyridine rings is 1. The number of methoxy groups -OCH3 is 1. The minimum Gasteiger partial charge on any atom is -0.618 e. The molecule has 0 atom stereocenters. The number of aromatic hydroxyl groups is 1. The number of fused-ring (bicyclic) bond motifs is 1. The van der Waals surface area contributed by atoms with Crippen LogP contribution < -0.4 is 9.47 Å². The zero-order valence-corrected chi connectivity index (χ0v) is 11.6. The summed E-state index contributed by atoms with van der Waals surface area (Å²) in [4.78, 5) is 0. The maximum Gasteiger partial charge on any atom is 0.204 e. The molecule has 0 aliphatic rings. The van der Waals surface area contributed by atoms with Crippen LogP contribution in [0.1, 0.15) is 11.3 Å². The van der Waals surface area contributed by atoms with E-state index in [1.165, 1.54) is 13.3 Å². The molecule has 21 heavy (non-hydrogen) atoms. The van der Waals surface area contributed by atoms with Gasteiger partial charge in [-0.05, 0) is 29.1 Å². The lowest BCUT2D eigenvalue weighted by molar-refractivity contribution is -0.611. The Labute approximate surface area is 122 Å². The van der Waals surface area contributed by atoms with Crippen LogP contribution in [-0.4, -0.2) is 12.2 Å². The van der Waals surface area contributed by atoms with Gasteiger partial charge in [0.15, 0.2) is 17.7 Å². The number of phenols is 1. The summed E-state index contributed by atoms with van der Waals surface area (Å²) in [5, 5.41) is 23.9. The molecule has 106 valence electrons. The Morgan fingerprint density at radius 3 is 2.71 bits per heavy atom. The van der Waals surface area contributed by atoms with Crippen molar-refractivity contribution in [1.82, 2.24) is 0 Å². The van der Waals surface area contributed by atoms with Crippen LogP contribution in [0.15, 0.2) is 54.7 Å². The Balaban J connectivity index is 2.05. The highest BCUT2D eigenvalue weighted by atomic mass is 16.5. The molecular weight excluding hydrogens is 266 g/mol. The van der Waals surface area contributed by atoms with E-state index in [9.17, 15) is 10.3 Å². The zero-order valence-electron chi connectivity index (χ0n) is 11.6. The van der Waals surface area contributed by atoms with Crippen molar-refractivity contribution >= 4 is 10.8 Å². The highest BCUT2D eigenvalue weighted by Gasteiger charge is 2.13. The lowest BCUT2D eigenvalue weighted by Crippen LogP contribution is -2.31. The molecule has 1 heterocycles. The molecule has 3 aromatic rings. The quantitative estimate of drug-likeness (QED) is 0.593. The second-order valence-electron chi connectivity index (χ2n) is 4.86. The van der Waals surface area contributed by atoms with Gasteiger partial charge in [-0.25, -0.2) is 0 Å². The first-order valence-corrected chi connectivity index (χ1v) is 6.64. The molecule has 0 fully saturated rings. The summed E-state index contributed by atoms with van der Waals surface area (Å²) in [5.74, 6) is 0.499. The third kappa shape index (κ3) is 2.48. The van der Waals surface area contributed by atoms with E-state index in [4.69, 9.17) is 4.74 Å². The minimum atomic E-state index is 0.0766. The van der Waals surface area contributed by atoms with E-state index in [1.54, 1.807) is 18.2 Å². The minimum absolute atomic E-state index is 0.0766. The van der Waals surface area contributed by atoms with Gasteiger partial charge in [-0.1, -0.05) is 24.3 Å². The second-order valence-corrected chi connectivity index (χ2v) is 4.86. The summed E-state index contributed by atoms with van der Waals surface area (Å²) >= 11 is 0. The van der Waals surface area contributed by atoms with Gasteiger partial charge in [0.25, 0.3) is 0 Å². The average molecular weight is 281 g/mol. The van der Waals surface area contributed by atoms with Gasteiger partial charge in [-0.3, -0.25) is 0 Å². The Morgan fingerprint density at radius 2 is 1.95 bits per heavy atom. The Bertz CT molecular complexity index is 799. The number of ether oxygens (including phenoxy) is 1. The molecule has 4 nitrogen and oxygen atoms in total. The number of hydrogen-bond donors (Lipinski definition) is 1. The summed E-state index contributed by atoms with van der Waals surface area (Å²) < 4.78 is 5.91. The molecular formula is C17H15NO3. The normalized spacial score (nSPS) is 10.7. The summed E-state index contributed by atoms with van der Waals surface area (Å²) in [5.41, 5.74) is 1.52. The predicted octanol–water partition coefficient (Wildman–Crippen LogP) is 2.78. The summed E-state index contributed by atoms with van der Waals surface area (Å²) in [7, 11) is 1.50. The zero-order chi connectivity index (χ0) is 14.8. The number of hydrogen-bond acceptors (Lipinski definition) is 3. The Kier molecular flexibility index (Phi) is 3.36. The maximum absolute atomic E-state index is 12.1. The number of phenolic OH excluding ortho intramolecular Hbond substituents is 1. The maximum atomic E-state index is 12.1. The highest BCUT2D eigenvalue weighted by molar-refractivity contribution is 5.83. The van der Waals surface area contributed by atoms with Crippen molar-refractivity contribution < 1.29 is 14.6 Å². The van der Waals surface area contributed by atoms with Crippen LogP contribution >= 0.6 is 0 Å². The van der Waals surface area contributed by atoms with Crippen LogP contribution in [0.3, 0.4) is 0 Å². The molecule has 0 spiro atoms. The van der Waals surface area contributed by atoms with E-state index in [0.29, 0.717) is 17.9 Å². The molecule has 4 heteroatoms. The van der Waals surface area contributed by atoms with Crippen LogP contribution in [0, 0.1) is 5.21 Å².